The van der Waals surface area contributed by atoms with Gasteiger partial charge in [0.1, 0.15) is 5.76 Å². The first-order chi connectivity index (χ1) is 6.18. The van der Waals surface area contributed by atoms with E-state index in [0.29, 0.717) is 11.6 Å². The second-order valence-electron chi connectivity index (χ2n) is 2.87. The Morgan fingerprint density at radius 2 is 2.31 bits per heavy atom. The van der Waals surface area contributed by atoms with Crippen molar-refractivity contribution in [2.24, 2.45) is 0 Å². The molecule has 0 aliphatic heterocycles. The molecule has 1 N–H and O–H groups in total. The van der Waals surface area contributed by atoms with Gasteiger partial charge in [-0.15, -0.1) is 0 Å². The Morgan fingerprint density at radius 3 is 2.77 bits per heavy atom. The average molecular weight is 179 g/mol. The fourth-order valence-corrected chi connectivity index (χ4v) is 1.20. The van der Waals surface area contributed by atoms with Crippen LogP contribution in [0.4, 0.5) is 0 Å². The predicted octanol–water partition coefficient (Wildman–Crippen LogP) is 0.770. The molecule has 68 valence electrons. The van der Waals surface area contributed by atoms with Gasteiger partial charge in [-0.25, -0.2) is 9.36 Å². The maximum Gasteiger partial charge on any atom is 0.331 e. The zero-order valence-corrected chi connectivity index (χ0v) is 7.37. The van der Waals surface area contributed by atoms with Crippen LogP contribution in [0.1, 0.15) is 11.5 Å². The molecule has 5 heteroatoms. The van der Waals surface area contributed by atoms with Crippen LogP contribution in [-0.4, -0.2) is 14.7 Å². The van der Waals surface area contributed by atoms with Gasteiger partial charge in [-0.1, -0.05) is 5.16 Å². The third kappa shape index (κ3) is 1.18. The van der Waals surface area contributed by atoms with Crippen molar-refractivity contribution in [2.75, 3.05) is 0 Å². The van der Waals surface area contributed by atoms with Gasteiger partial charge in [0.15, 0.2) is 5.82 Å². The normalized spacial score (nSPS) is 10.6. The second kappa shape index (κ2) is 2.62. The van der Waals surface area contributed by atoms with E-state index in [1.54, 1.807) is 19.2 Å². The van der Waals surface area contributed by atoms with Gasteiger partial charge in [0.05, 0.1) is 0 Å². The largest absolute Gasteiger partial charge is 0.360 e. The first-order valence-electron chi connectivity index (χ1n) is 3.89. The number of nitrogens with one attached hydrogen (secondary N) is 1. The molecule has 0 saturated carbocycles. The predicted molar refractivity (Wildman–Crippen MR) is 45.9 cm³/mol. The summed E-state index contributed by atoms with van der Waals surface area (Å²) < 4.78 is 6.33. The van der Waals surface area contributed by atoms with Gasteiger partial charge in [0, 0.05) is 18.0 Å². The first kappa shape index (κ1) is 7.85. The molecule has 2 rings (SSSR count). The van der Waals surface area contributed by atoms with E-state index in [9.17, 15) is 4.79 Å². The molecule has 0 spiro atoms. The van der Waals surface area contributed by atoms with Gasteiger partial charge in [-0.2, -0.15) is 0 Å². The van der Waals surface area contributed by atoms with Crippen molar-refractivity contribution < 1.29 is 4.52 Å². The van der Waals surface area contributed by atoms with Gasteiger partial charge in [-0.05, 0) is 13.8 Å². The number of hydrogen-bond donors (Lipinski definition) is 1. The molecule has 0 bridgehead atoms. The number of rotatable bonds is 1. The number of aromatic nitrogens is 3. The Morgan fingerprint density at radius 1 is 1.54 bits per heavy atom. The van der Waals surface area contributed by atoms with Crippen molar-refractivity contribution in [1.29, 1.82) is 0 Å². The molecule has 2 aromatic rings. The monoisotopic (exact) mass is 179 g/mol. The maximum atomic E-state index is 11.3. The Balaban J connectivity index is 2.64. The topological polar surface area (TPSA) is 63.8 Å². The summed E-state index contributed by atoms with van der Waals surface area (Å²) in [6.07, 6.45) is 1.63. The van der Waals surface area contributed by atoms with Gasteiger partial charge in [0.25, 0.3) is 0 Å². The van der Waals surface area contributed by atoms with E-state index in [1.807, 2.05) is 6.92 Å². The van der Waals surface area contributed by atoms with Crippen LogP contribution in [0.15, 0.2) is 21.6 Å². The van der Waals surface area contributed by atoms with Gasteiger partial charge >= 0.3 is 5.69 Å². The van der Waals surface area contributed by atoms with E-state index in [1.165, 1.54) is 4.57 Å². The minimum atomic E-state index is -0.203. The molecule has 0 radical (unpaired) electrons. The first-order valence-corrected chi connectivity index (χ1v) is 3.89. The Labute approximate surface area is 74.0 Å². The molecular weight excluding hydrogens is 170 g/mol. The molecule has 0 aliphatic carbocycles. The number of aromatic amines is 1. The van der Waals surface area contributed by atoms with E-state index in [4.69, 9.17) is 4.52 Å². The molecule has 0 unspecified atom stereocenters. The molecule has 0 aliphatic rings. The summed E-state index contributed by atoms with van der Waals surface area (Å²) in [4.78, 5) is 13.8. The van der Waals surface area contributed by atoms with Crippen LogP contribution in [0.25, 0.3) is 5.82 Å². The molecule has 0 fully saturated rings. The second-order valence-corrected chi connectivity index (χ2v) is 2.87. The van der Waals surface area contributed by atoms with Gasteiger partial charge in [-0.3, -0.25) is 0 Å². The van der Waals surface area contributed by atoms with Crippen LogP contribution in [0.2, 0.25) is 0 Å². The number of H-pyrrole nitrogens is 1. The summed E-state index contributed by atoms with van der Waals surface area (Å²) in [7, 11) is 0. The van der Waals surface area contributed by atoms with E-state index in [0.717, 1.165) is 5.69 Å². The van der Waals surface area contributed by atoms with Crippen LogP contribution >= 0.6 is 0 Å². The van der Waals surface area contributed by atoms with E-state index in [-0.39, 0.29) is 5.69 Å². The minimum Gasteiger partial charge on any atom is -0.360 e. The summed E-state index contributed by atoms with van der Waals surface area (Å²) in [5.41, 5.74) is 0.601. The lowest BCUT2D eigenvalue weighted by atomic mass is 10.4. The standard InChI is InChI=1S/C8H9N3O2/c1-5-4-9-8(12)11(5)7-3-6(2)13-10-7/h3-4H,1-2H3,(H,9,12). The molecule has 0 amide bonds. The van der Waals surface area contributed by atoms with Crippen LogP contribution in [0.5, 0.6) is 0 Å². The van der Waals surface area contributed by atoms with E-state index < -0.39 is 0 Å². The van der Waals surface area contributed by atoms with E-state index in [2.05, 4.69) is 10.1 Å². The maximum absolute atomic E-state index is 11.3. The SMILES string of the molecule is Cc1cc(-n2c(C)c[nH]c2=O)no1. The third-order valence-electron chi connectivity index (χ3n) is 1.80. The third-order valence-corrected chi connectivity index (χ3v) is 1.80. The van der Waals surface area contributed by atoms with Gasteiger partial charge < -0.3 is 9.51 Å². The summed E-state index contributed by atoms with van der Waals surface area (Å²) in [5.74, 6) is 1.20. The molecular formula is C8H9N3O2. The van der Waals surface area contributed by atoms with Crippen LogP contribution in [-0.2, 0) is 0 Å². The smallest absolute Gasteiger partial charge is 0.331 e. The fourth-order valence-electron chi connectivity index (χ4n) is 1.20. The molecule has 5 nitrogen and oxygen atoms in total. The fraction of sp³-hybridized carbons (Fsp3) is 0.250. The van der Waals surface area contributed by atoms with Crippen LogP contribution in [0, 0.1) is 13.8 Å². The quantitative estimate of drug-likeness (QED) is 0.703. The van der Waals surface area contributed by atoms with E-state index >= 15 is 0 Å². The Bertz CT molecular complexity index is 478. The molecule has 0 saturated heterocycles. The number of nitrogens with zero attached hydrogens (tertiary/aromatic N) is 2. The van der Waals surface area contributed by atoms with Crippen molar-refractivity contribution >= 4 is 0 Å². The van der Waals surface area contributed by atoms with Crippen LogP contribution < -0.4 is 5.69 Å². The highest BCUT2D eigenvalue weighted by atomic mass is 16.5. The number of aryl methyl sites for hydroxylation is 2. The molecule has 2 aromatic heterocycles. The summed E-state index contributed by atoms with van der Waals surface area (Å²) in [6.45, 7) is 3.60. The number of imidazole rings is 1. The summed E-state index contributed by atoms with van der Waals surface area (Å²) >= 11 is 0. The van der Waals surface area contributed by atoms with Crippen LogP contribution in [0.3, 0.4) is 0 Å². The average Bonchev–Trinajstić information content (AvgIpc) is 2.60. The minimum absolute atomic E-state index is 0.203. The van der Waals surface area contributed by atoms with Crippen molar-refractivity contribution in [3.63, 3.8) is 0 Å². The number of hydrogen-bond acceptors (Lipinski definition) is 3. The summed E-state index contributed by atoms with van der Waals surface area (Å²) in [5, 5.41) is 3.75. The van der Waals surface area contributed by atoms with Gasteiger partial charge in [0.2, 0.25) is 0 Å². The molecule has 0 aromatic carbocycles. The molecule has 13 heavy (non-hydrogen) atoms. The Hall–Kier alpha value is -1.78. The lowest BCUT2D eigenvalue weighted by Crippen LogP contribution is -2.15. The van der Waals surface area contributed by atoms with Crippen molar-refractivity contribution in [3.8, 4) is 5.82 Å². The molecule has 0 atom stereocenters. The zero-order chi connectivity index (χ0) is 9.42. The lowest BCUT2D eigenvalue weighted by molar-refractivity contribution is 0.394. The molecule has 2 heterocycles. The van der Waals surface area contributed by atoms with Crippen molar-refractivity contribution in [2.45, 2.75) is 13.8 Å². The zero-order valence-electron chi connectivity index (χ0n) is 7.37. The highest BCUT2D eigenvalue weighted by Crippen LogP contribution is 2.07. The Kier molecular flexibility index (Phi) is 1.58. The lowest BCUT2D eigenvalue weighted by Gasteiger charge is -1.94. The highest BCUT2D eigenvalue weighted by Gasteiger charge is 2.08. The van der Waals surface area contributed by atoms with Crippen molar-refractivity contribution in [1.82, 2.24) is 14.7 Å². The highest BCUT2D eigenvalue weighted by molar-refractivity contribution is 5.24. The van der Waals surface area contributed by atoms with Crippen molar-refractivity contribution in [3.05, 3.63) is 34.2 Å². The summed E-state index contributed by atoms with van der Waals surface area (Å²) in [6, 6.07) is 1.71.